The monoisotopic (exact) mass is 403 g/mol. The van der Waals surface area contributed by atoms with Crippen LogP contribution in [-0.4, -0.2) is 35.2 Å². The number of rotatable bonds is 10. The van der Waals surface area contributed by atoms with Crippen LogP contribution in [0, 0.1) is 0 Å². The Bertz CT molecular complexity index is 680. The Morgan fingerprint density at radius 1 is 0.778 bits per heavy atom. The minimum absolute atomic E-state index is 0.623. The van der Waals surface area contributed by atoms with E-state index in [0.717, 1.165) is 19.0 Å². The zero-order valence-electron chi connectivity index (χ0n) is 16.4. The molecule has 0 fully saturated rings. The van der Waals surface area contributed by atoms with E-state index in [1.165, 1.54) is 21.2 Å². The second-order valence-electron chi connectivity index (χ2n) is 6.27. The third kappa shape index (κ3) is 4.76. The van der Waals surface area contributed by atoms with E-state index in [4.69, 9.17) is 13.3 Å². The summed E-state index contributed by atoms with van der Waals surface area (Å²) in [5.41, 5.74) is 2.55. The molecule has 146 valence electrons. The summed E-state index contributed by atoms with van der Waals surface area (Å²) < 4.78 is 18.0. The summed E-state index contributed by atoms with van der Waals surface area (Å²) in [6, 6.07) is 18.1. The Morgan fingerprint density at radius 3 is 1.74 bits per heavy atom. The number of fused-ring (bicyclic) bond motifs is 2. The van der Waals surface area contributed by atoms with Gasteiger partial charge in [0.15, 0.2) is 0 Å². The highest BCUT2D eigenvalue weighted by Gasteiger charge is 2.40. The van der Waals surface area contributed by atoms with Gasteiger partial charge in [0, 0.05) is 42.2 Å². The molecule has 0 N–H and O–H groups in total. The van der Waals surface area contributed by atoms with E-state index in [1.54, 1.807) is 0 Å². The maximum atomic E-state index is 6.01. The van der Waals surface area contributed by atoms with Gasteiger partial charge in [0.05, 0.1) is 11.4 Å². The number of hydrogen-bond donors (Lipinski definition) is 0. The Balaban J connectivity index is 1.77. The highest BCUT2D eigenvalue weighted by molar-refractivity contribution is 7.99. The van der Waals surface area contributed by atoms with E-state index in [-0.39, 0.29) is 0 Å². The molecule has 1 aliphatic heterocycles. The molecule has 0 aliphatic carbocycles. The van der Waals surface area contributed by atoms with E-state index in [1.807, 2.05) is 32.5 Å². The van der Waals surface area contributed by atoms with E-state index >= 15 is 0 Å². The van der Waals surface area contributed by atoms with Crippen molar-refractivity contribution < 1.29 is 13.3 Å². The molecule has 0 saturated carbocycles. The fourth-order valence-electron chi connectivity index (χ4n) is 3.48. The summed E-state index contributed by atoms with van der Waals surface area (Å²) in [5.74, 6) is 0. The van der Waals surface area contributed by atoms with Crippen LogP contribution in [0.15, 0.2) is 58.3 Å². The molecule has 6 heteroatoms. The fraction of sp³-hybridized carbons (Fsp3) is 0.429. The number of anilines is 2. The molecule has 1 aliphatic rings. The van der Waals surface area contributed by atoms with E-state index in [0.29, 0.717) is 19.8 Å². The minimum atomic E-state index is -2.60. The van der Waals surface area contributed by atoms with Crippen molar-refractivity contribution in [2.75, 3.05) is 31.3 Å². The third-order valence-electron chi connectivity index (χ3n) is 4.49. The van der Waals surface area contributed by atoms with Gasteiger partial charge in [-0.2, -0.15) is 0 Å². The van der Waals surface area contributed by atoms with Gasteiger partial charge in [-0.05, 0) is 51.5 Å². The molecule has 27 heavy (non-hydrogen) atoms. The standard InChI is InChI=1S/C21H29NO3SSi/c1-4-23-27(24-5-2,25-6-3)17-11-16-22-18-12-7-9-14-20(18)26-21-15-10-8-13-19(21)22/h7-10,12-15H,4-6,11,16-17H2,1-3H3. The largest absolute Gasteiger partial charge is 0.500 e. The van der Waals surface area contributed by atoms with Crippen molar-refractivity contribution in [2.45, 2.75) is 43.0 Å². The topological polar surface area (TPSA) is 30.9 Å². The van der Waals surface area contributed by atoms with Crippen molar-refractivity contribution in [1.82, 2.24) is 0 Å². The van der Waals surface area contributed by atoms with Crippen molar-refractivity contribution in [3.63, 3.8) is 0 Å². The zero-order valence-corrected chi connectivity index (χ0v) is 18.3. The molecular formula is C21H29NO3SSi. The van der Waals surface area contributed by atoms with Crippen molar-refractivity contribution in [2.24, 2.45) is 0 Å². The normalized spacial score (nSPS) is 13.4. The summed E-state index contributed by atoms with van der Waals surface area (Å²) in [4.78, 5) is 5.03. The van der Waals surface area contributed by atoms with Crippen molar-refractivity contribution in [3.05, 3.63) is 48.5 Å². The SMILES string of the molecule is CCO[Si](CCCN1c2ccccc2Sc2ccccc21)(OCC)OCC. The molecule has 0 saturated heterocycles. The van der Waals surface area contributed by atoms with Gasteiger partial charge >= 0.3 is 8.80 Å². The molecule has 0 aromatic heterocycles. The van der Waals surface area contributed by atoms with Crippen molar-refractivity contribution >= 4 is 31.9 Å². The van der Waals surface area contributed by atoms with Crippen LogP contribution in [0.2, 0.25) is 6.04 Å². The van der Waals surface area contributed by atoms with Crippen molar-refractivity contribution in [1.29, 1.82) is 0 Å². The van der Waals surface area contributed by atoms with E-state index in [2.05, 4.69) is 53.4 Å². The van der Waals surface area contributed by atoms with Crippen LogP contribution in [0.5, 0.6) is 0 Å². The predicted octanol–water partition coefficient (Wildman–Crippen LogP) is 5.73. The van der Waals surface area contributed by atoms with Crippen LogP contribution in [0.25, 0.3) is 0 Å². The van der Waals surface area contributed by atoms with Gasteiger partial charge in [-0.1, -0.05) is 36.0 Å². The lowest BCUT2D eigenvalue weighted by molar-refractivity contribution is 0.0710. The number of hydrogen-bond acceptors (Lipinski definition) is 5. The quantitative estimate of drug-likeness (QED) is 0.473. The summed E-state index contributed by atoms with van der Waals surface area (Å²) in [7, 11) is -2.60. The molecule has 2 aromatic carbocycles. The second kappa shape index (κ2) is 9.75. The molecule has 0 unspecified atom stereocenters. The maximum absolute atomic E-state index is 6.01. The van der Waals surface area contributed by atoms with Crippen LogP contribution in [0.3, 0.4) is 0 Å². The van der Waals surface area contributed by atoms with Crippen LogP contribution in [0.1, 0.15) is 27.2 Å². The van der Waals surface area contributed by atoms with Crippen LogP contribution >= 0.6 is 11.8 Å². The molecule has 3 rings (SSSR count). The molecule has 0 spiro atoms. The minimum Gasteiger partial charge on any atom is -0.374 e. The third-order valence-corrected chi connectivity index (χ3v) is 8.77. The Hall–Kier alpha value is -1.31. The molecule has 2 aromatic rings. The molecule has 4 nitrogen and oxygen atoms in total. The number of nitrogens with zero attached hydrogens (tertiary/aromatic N) is 1. The first-order valence-electron chi connectivity index (χ1n) is 9.78. The van der Waals surface area contributed by atoms with E-state index in [9.17, 15) is 0 Å². The van der Waals surface area contributed by atoms with Gasteiger partial charge in [-0.3, -0.25) is 0 Å². The van der Waals surface area contributed by atoms with Crippen LogP contribution in [-0.2, 0) is 13.3 Å². The van der Waals surface area contributed by atoms with Crippen molar-refractivity contribution in [3.8, 4) is 0 Å². The van der Waals surface area contributed by atoms with Gasteiger partial charge in [-0.15, -0.1) is 0 Å². The van der Waals surface area contributed by atoms with Gasteiger partial charge < -0.3 is 18.2 Å². The van der Waals surface area contributed by atoms with Gasteiger partial charge in [0.2, 0.25) is 0 Å². The average molecular weight is 404 g/mol. The lowest BCUT2D eigenvalue weighted by Crippen LogP contribution is -2.46. The lowest BCUT2D eigenvalue weighted by Gasteiger charge is -2.34. The molecule has 0 radical (unpaired) electrons. The first-order valence-corrected chi connectivity index (χ1v) is 12.5. The number of para-hydroxylation sites is 2. The van der Waals surface area contributed by atoms with Gasteiger partial charge in [0.25, 0.3) is 0 Å². The maximum Gasteiger partial charge on any atom is 0.500 e. The van der Waals surface area contributed by atoms with Crippen LogP contribution < -0.4 is 4.90 Å². The second-order valence-corrected chi connectivity index (χ2v) is 10.1. The Labute approximate surface area is 168 Å². The highest BCUT2D eigenvalue weighted by atomic mass is 32.2. The van der Waals surface area contributed by atoms with Gasteiger partial charge in [0.1, 0.15) is 0 Å². The average Bonchev–Trinajstić information content (AvgIpc) is 2.68. The molecular weight excluding hydrogens is 374 g/mol. The van der Waals surface area contributed by atoms with E-state index < -0.39 is 8.80 Å². The highest BCUT2D eigenvalue weighted by Crippen LogP contribution is 2.47. The van der Waals surface area contributed by atoms with Crippen LogP contribution in [0.4, 0.5) is 11.4 Å². The lowest BCUT2D eigenvalue weighted by atomic mass is 10.2. The number of benzene rings is 2. The summed E-state index contributed by atoms with van der Waals surface area (Å²) >= 11 is 1.84. The Kier molecular flexibility index (Phi) is 7.38. The Morgan fingerprint density at radius 2 is 1.26 bits per heavy atom. The molecule has 1 heterocycles. The molecule has 0 bridgehead atoms. The molecule has 0 amide bonds. The fourth-order valence-corrected chi connectivity index (χ4v) is 7.17. The first kappa shape index (κ1) is 20.4. The first-order chi connectivity index (χ1) is 13.2. The smallest absolute Gasteiger partial charge is 0.374 e. The summed E-state index contributed by atoms with van der Waals surface area (Å²) in [6.07, 6.45) is 0.958. The van der Waals surface area contributed by atoms with Gasteiger partial charge in [-0.25, -0.2) is 0 Å². The zero-order chi connectivity index (χ0) is 19.1. The molecule has 0 atom stereocenters. The summed E-state index contributed by atoms with van der Waals surface area (Å²) in [6.45, 7) is 8.81. The summed E-state index contributed by atoms with van der Waals surface area (Å²) in [5, 5.41) is 0. The predicted molar refractivity (Wildman–Crippen MR) is 114 cm³/mol.